The largest absolute Gasteiger partial charge is 0.476 e. The van der Waals surface area contributed by atoms with Crippen molar-refractivity contribution >= 4 is 22.8 Å². The van der Waals surface area contributed by atoms with Crippen LogP contribution >= 0.6 is 0 Å². The Morgan fingerprint density at radius 1 is 0.951 bits per heavy atom. The number of aryl methyl sites for hydroxylation is 1. The van der Waals surface area contributed by atoms with Crippen LogP contribution in [-0.4, -0.2) is 28.7 Å². The summed E-state index contributed by atoms with van der Waals surface area (Å²) in [5.74, 6) is 0.560. The summed E-state index contributed by atoms with van der Waals surface area (Å²) in [6, 6.07) is 22.0. The Balaban J connectivity index is 1.55. The third-order valence-electron chi connectivity index (χ3n) is 7.73. The Morgan fingerprint density at radius 2 is 1.66 bits per heavy atom. The molecule has 41 heavy (non-hydrogen) atoms. The zero-order chi connectivity index (χ0) is 29.9. The van der Waals surface area contributed by atoms with Crippen LogP contribution in [0.2, 0.25) is 0 Å². The third-order valence-corrected chi connectivity index (χ3v) is 7.73. The molecule has 216 valence electrons. The van der Waals surface area contributed by atoms with Gasteiger partial charge in [0.1, 0.15) is 5.75 Å². The highest BCUT2D eigenvalue weighted by atomic mass is 16.6. The third kappa shape index (κ3) is 6.64. The fourth-order valence-electron chi connectivity index (χ4n) is 5.12. The van der Waals surface area contributed by atoms with Gasteiger partial charge in [0, 0.05) is 29.2 Å². The Kier molecular flexibility index (Phi) is 8.91. The molecular weight excluding hydrogens is 512 g/mol. The molecule has 1 atom stereocenters. The summed E-state index contributed by atoms with van der Waals surface area (Å²) >= 11 is 0. The number of rotatable bonds is 10. The molecule has 1 heterocycles. The maximum absolute atomic E-state index is 13.3. The first-order valence-electron chi connectivity index (χ1n) is 14.3. The maximum Gasteiger partial charge on any atom is 0.349 e. The minimum absolute atomic E-state index is 0.0937. The van der Waals surface area contributed by atoms with E-state index in [2.05, 4.69) is 61.0 Å². The summed E-state index contributed by atoms with van der Waals surface area (Å²) in [7, 11) is 2.03. The Labute approximate surface area is 243 Å². The van der Waals surface area contributed by atoms with Crippen LogP contribution in [0.1, 0.15) is 91.8 Å². The highest BCUT2D eigenvalue weighted by molar-refractivity contribution is 5.99. The first-order chi connectivity index (χ1) is 19.4. The van der Waals surface area contributed by atoms with Gasteiger partial charge in [0.25, 0.3) is 5.91 Å². The van der Waals surface area contributed by atoms with E-state index in [4.69, 9.17) is 9.47 Å². The average Bonchev–Trinajstić information content (AvgIpc) is 3.17. The van der Waals surface area contributed by atoms with E-state index in [-0.39, 0.29) is 11.9 Å². The predicted octanol–water partition coefficient (Wildman–Crippen LogP) is 7.41. The van der Waals surface area contributed by atoms with E-state index >= 15 is 0 Å². The standard InChI is InChI=1S/C35H42N2O4/c1-9-40-34(39)35(6,7)41-29-15-10-12-25(18-29)19-31-24(5)37(8)32-21-28(16-17-30(31)32)33(38)36-23(4)27-14-11-13-26(20-27)22(2)3/h10-18,20-23H,9,19H2,1-8H3,(H,36,38)/t23-/m0/s1. The number of hydrogen-bond donors (Lipinski definition) is 1. The quantitative estimate of drug-likeness (QED) is 0.207. The van der Waals surface area contributed by atoms with E-state index in [0.717, 1.165) is 27.7 Å². The first kappa shape index (κ1) is 29.9. The normalized spacial score (nSPS) is 12.4. The summed E-state index contributed by atoms with van der Waals surface area (Å²) < 4.78 is 13.3. The van der Waals surface area contributed by atoms with Gasteiger partial charge in [-0.15, -0.1) is 0 Å². The number of nitrogens with one attached hydrogen (secondary N) is 1. The number of nitrogens with zero attached hydrogens (tertiary/aromatic N) is 1. The molecule has 0 aliphatic rings. The van der Waals surface area contributed by atoms with E-state index in [1.54, 1.807) is 20.8 Å². The lowest BCUT2D eigenvalue weighted by Crippen LogP contribution is -2.39. The molecule has 1 amide bonds. The molecule has 0 saturated heterocycles. The van der Waals surface area contributed by atoms with Crippen LogP contribution in [0.4, 0.5) is 0 Å². The van der Waals surface area contributed by atoms with Gasteiger partial charge in [-0.3, -0.25) is 4.79 Å². The zero-order valence-corrected chi connectivity index (χ0v) is 25.5. The van der Waals surface area contributed by atoms with E-state index in [0.29, 0.717) is 30.3 Å². The highest BCUT2D eigenvalue weighted by Gasteiger charge is 2.31. The fourth-order valence-corrected chi connectivity index (χ4v) is 5.12. The predicted molar refractivity (Wildman–Crippen MR) is 165 cm³/mol. The summed E-state index contributed by atoms with van der Waals surface area (Å²) in [6.07, 6.45) is 0.689. The van der Waals surface area contributed by atoms with Crippen molar-refractivity contribution in [2.75, 3.05) is 6.61 Å². The van der Waals surface area contributed by atoms with Gasteiger partial charge in [-0.25, -0.2) is 4.79 Å². The zero-order valence-electron chi connectivity index (χ0n) is 25.5. The van der Waals surface area contributed by atoms with Crippen LogP contribution in [0, 0.1) is 6.92 Å². The number of esters is 1. The van der Waals surface area contributed by atoms with E-state index < -0.39 is 11.6 Å². The van der Waals surface area contributed by atoms with E-state index in [1.807, 2.05) is 50.4 Å². The molecule has 4 aromatic rings. The number of carbonyl (C=O) groups is 2. The number of carbonyl (C=O) groups excluding carboxylic acids is 2. The van der Waals surface area contributed by atoms with Gasteiger partial charge in [-0.2, -0.15) is 0 Å². The van der Waals surface area contributed by atoms with Crippen molar-refractivity contribution in [1.82, 2.24) is 9.88 Å². The SMILES string of the molecule is CCOC(=O)C(C)(C)Oc1cccc(Cc2c(C)n(C)c3cc(C(=O)N[C@@H](C)c4cccc(C(C)C)c4)ccc23)c1. The van der Waals surface area contributed by atoms with Gasteiger partial charge in [0.2, 0.25) is 0 Å². The number of benzene rings is 3. The summed E-state index contributed by atoms with van der Waals surface area (Å²) in [5.41, 5.74) is 6.30. The lowest BCUT2D eigenvalue weighted by Gasteiger charge is -2.24. The van der Waals surface area contributed by atoms with Gasteiger partial charge < -0.3 is 19.4 Å². The van der Waals surface area contributed by atoms with Crippen molar-refractivity contribution in [2.45, 2.75) is 72.4 Å². The van der Waals surface area contributed by atoms with Crippen LogP contribution in [0.25, 0.3) is 10.9 Å². The topological polar surface area (TPSA) is 69.6 Å². The molecule has 0 saturated carbocycles. The minimum Gasteiger partial charge on any atom is -0.476 e. The molecule has 0 spiro atoms. The molecule has 6 nitrogen and oxygen atoms in total. The van der Waals surface area contributed by atoms with Crippen LogP contribution in [0.5, 0.6) is 5.75 Å². The first-order valence-corrected chi connectivity index (χ1v) is 14.3. The molecule has 0 radical (unpaired) electrons. The summed E-state index contributed by atoms with van der Waals surface area (Å²) in [4.78, 5) is 25.6. The van der Waals surface area contributed by atoms with Gasteiger partial charge in [0.05, 0.1) is 12.6 Å². The number of hydrogen-bond acceptors (Lipinski definition) is 4. The minimum atomic E-state index is -1.09. The smallest absolute Gasteiger partial charge is 0.349 e. The summed E-state index contributed by atoms with van der Waals surface area (Å²) in [5, 5.41) is 4.28. The fraction of sp³-hybridized carbons (Fsp3) is 0.371. The van der Waals surface area contributed by atoms with Crippen LogP contribution in [-0.2, 0) is 23.0 Å². The Bertz CT molecular complexity index is 1560. The van der Waals surface area contributed by atoms with Gasteiger partial charge in [0.15, 0.2) is 5.60 Å². The van der Waals surface area contributed by atoms with Crippen LogP contribution < -0.4 is 10.1 Å². The van der Waals surface area contributed by atoms with Gasteiger partial charge in [-0.05, 0) is 93.5 Å². The molecule has 0 unspecified atom stereocenters. The molecule has 0 aliphatic carbocycles. The maximum atomic E-state index is 13.3. The molecule has 1 N–H and O–H groups in total. The Hall–Kier alpha value is -4.06. The molecule has 1 aromatic heterocycles. The highest BCUT2D eigenvalue weighted by Crippen LogP contribution is 2.30. The van der Waals surface area contributed by atoms with Gasteiger partial charge >= 0.3 is 5.97 Å². The molecule has 0 fully saturated rings. The number of ether oxygens (including phenoxy) is 2. The molecular formula is C35H42N2O4. The van der Waals surface area contributed by atoms with Crippen molar-refractivity contribution in [1.29, 1.82) is 0 Å². The second-order valence-electron chi connectivity index (χ2n) is 11.5. The van der Waals surface area contributed by atoms with Crippen molar-refractivity contribution in [3.63, 3.8) is 0 Å². The molecule has 0 bridgehead atoms. The van der Waals surface area contributed by atoms with Crippen LogP contribution in [0.3, 0.4) is 0 Å². The average molecular weight is 555 g/mol. The number of aromatic nitrogens is 1. The second-order valence-corrected chi connectivity index (χ2v) is 11.5. The second kappa shape index (κ2) is 12.2. The number of amides is 1. The molecule has 3 aromatic carbocycles. The van der Waals surface area contributed by atoms with E-state index in [9.17, 15) is 9.59 Å². The van der Waals surface area contributed by atoms with E-state index in [1.165, 1.54) is 11.1 Å². The monoisotopic (exact) mass is 554 g/mol. The molecule has 4 rings (SSSR count). The number of fused-ring (bicyclic) bond motifs is 1. The summed E-state index contributed by atoms with van der Waals surface area (Å²) in [6.45, 7) is 14.0. The van der Waals surface area contributed by atoms with Gasteiger partial charge in [-0.1, -0.05) is 56.3 Å². The molecule has 0 aliphatic heterocycles. The lowest BCUT2D eigenvalue weighted by molar-refractivity contribution is -0.158. The Morgan fingerprint density at radius 3 is 2.37 bits per heavy atom. The van der Waals surface area contributed by atoms with Crippen LogP contribution in [0.15, 0.2) is 66.7 Å². The van der Waals surface area contributed by atoms with Crippen molar-refractivity contribution in [3.8, 4) is 5.75 Å². The van der Waals surface area contributed by atoms with Crippen molar-refractivity contribution in [3.05, 3.63) is 100 Å². The van der Waals surface area contributed by atoms with Crippen molar-refractivity contribution < 1.29 is 19.1 Å². The van der Waals surface area contributed by atoms with Crippen molar-refractivity contribution in [2.24, 2.45) is 7.05 Å². The molecule has 6 heteroatoms. The lowest BCUT2D eigenvalue weighted by atomic mass is 9.98.